The topological polar surface area (TPSA) is 57.0 Å². The number of rotatable bonds is 8. The Labute approximate surface area is 178 Å². The van der Waals surface area contributed by atoms with Crippen LogP contribution in [0.2, 0.25) is 39.3 Å². The molecule has 8 heteroatoms. The number of Topliss-reactive ketones (excluding diaryl/α,β-unsaturated/α-hetero) is 1. The largest absolute Gasteiger partial charge is 0.360 e. The number of nitrogens with zero attached hydrogens (tertiary/aromatic N) is 3. The number of hydrogen-bond donors (Lipinski definition) is 0. The molecule has 0 atom stereocenters. The smallest absolute Gasteiger partial charge is 0.181 e. The van der Waals surface area contributed by atoms with Crippen molar-refractivity contribution < 1.29 is 9.53 Å². The number of carbonyl (C=O) groups is 1. The summed E-state index contributed by atoms with van der Waals surface area (Å²) in [5.41, 5.74) is 1.62. The summed E-state index contributed by atoms with van der Waals surface area (Å²) in [7, 11) is -1.04. The quantitative estimate of drug-likeness (QED) is 0.292. The first-order valence-corrected chi connectivity index (χ1v) is 14.0. The first-order valence-electron chi connectivity index (χ1n) is 9.48. The van der Waals surface area contributed by atoms with E-state index in [1.807, 2.05) is 18.3 Å². The van der Waals surface area contributed by atoms with Crippen LogP contribution in [-0.2, 0) is 11.5 Å². The Morgan fingerprint density at radius 1 is 1.36 bits per heavy atom. The van der Waals surface area contributed by atoms with Gasteiger partial charge in [-0.05, 0) is 33.6 Å². The van der Waals surface area contributed by atoms with Crippen molar-refractivity contribution in [2.75, 3.05) is 6.61 Å². The van der Waals surface area contributed by atoms with Crippen LogP contribution in [0.5, 0.6) is 0 Å². The molecule has 0 aliphatic heterocycles. The van der Waals surface area contributed by atoms with Crippen molar-refractivity contribution in [2.24, 2.45) is 0 Å². The lowest BCUT2D eigenvalue weighted by Crippen LogP contribution is -2.22. The van der Waals surface area contributed by atoms with E-state index in [0.717, 1.165) is 17.1 Å². The SMILES string of the molecule is CB(C)/C=C/c1cccnc1.CC(=O)c1nn(COCC[Si](C)(C)C)cc1Br. The first-order chi connectivity index (χ1) is 13.1. The fourth-order valence-corrected chi connectivity index (χ4v) is 3.37. The Kier molecular flexibility index (Phi) is 10.6. The van der Waals surface area contributed by atoms with Crippen molar-refractivity contribution >= 4 is 42.6 Å². The number of halogens is 1. The number of aromatic nitrogens is 3. The average Bonchev–Trinajstić information content (AvgIpc) is 2.99. The molecule has 0 bridgehead atoms. The molecule has 0 radical (unpaired) electrons. The van der Waals surface area contributed by atoms with Crippen LogP contribution in [0, 0.1) is 0 Å². The van der Waals surface area contributed by atoms with E-state index >= 15 is 0 Å². The molecule has 0 unspecified atom stereocenters. The summed E-state index contributed by atoms with van der Waals surface area (Å²) >= 11 is 3.31. The van der Waals surface area contributed by atoms with Crippen LogP contribution in [0.1, 0.15) is 23.0 Å². The maximum absolute atomic E-state index is 11.2. The van der Waals surface area contributed by atoms with Crippen LogP contribution in [0.4, 0.5) is 0 Å². The highest BCUT2D eigenvalue weighted by molar-refractivity contribution is 9.10. The van der Waals surface area contributed by atoms with Crippen molar-refractivity contribution in [2.45, 2.75) is 53.0 Å². The molecule has 0 amide bonds. The minimum absolute atomic E-state index is 0.0438. The van der Waals surface area contributed by atoms with Gasteiger partial charge in [-0.15, -0.1) is 5.98 Å². The van der Waals surface area contributed by atoms with Gasteiger partial charge in [-0.2, -0.15) is 5.10 Å². The third kappa shape index (κ3) is 10.7. The van der Waals surface area contributed by atoms with Gasteiger partial charge in [0.2, 0.25) is 0 Å². The van der Waals surface area contributed by atoms with Gasteiger partial charge in [0.1, 0.15) is 12.4 Å². The molecule has 28 heavy (non-hydrogen) atoms. The zero-order valence-electron chi connectivity index (χ0n) is 17.8. The van der Waals surface area contributed by atoms with E-state index in [-0.39, 0.29) is 5.78 Å². The van der Waals surface area contributed by atoms with Gasteiger partial charge in [0.05, 0.1) is 4.47 Å². The van der Waals surface area contributed by atoms with Gasteiger partial charge in [0.15, 0.2) is 12.5 Å². The van der Waals surface area contributed by atoms with Gasteiger partial charge in [0, 0.05) is 40.2 Å². The van der Waals surface area contributed by atoms with E-state index in [0.29, 0.717) is 19.1 Å². The van der Waals surface area contributed by atoms with Gasteiger partial charge in [-0.25, -0.2) is 4.68 Å². The molecule has 0 N–H and O–H groups in total. The molecule has 2 aromatic rings. The van der Waals surface area contributed by atoms with Gasteiger partial charge in [-0.3, -0.25) is 9.78 Å². The summed E-state index contributed by atoms with van der Waals surface area (Å²) in [6, 6.07) is 5.13. The Morgan fingerprint density at radius 2 is 2.07 bits per heavy atom. The van der Waals surface area contributed by atoms with Crippen LogP contribution < -0.4 is 0 Å². The lowest BCUT2D eigenvalue weighted by molar-refractivity contribution is 0.0779. The van der Waals surface area contributed by atoms with E-state index in [1.54, 1.807) is 17.1 Å². The highest BCUT2D eigenvalue weighted by Crippen LogP contribution is 2.15. The standard InChI is InChI=1S/C11H19BrN2O2Si.C9H12BN/c1-9(15)11-10(12)7-14(13-11)8-16-5-6-17(2,3)4;1-10(2)6-5-9-4-3-7-11-8-9/h7H,5-6,8H2,1-4H3;3-8H,1-2H3/b;6-5+. The Balaban J connectivity index is 0.000000307. The molecule has 0 fully saturated rings. The van der Waals surface area contributed by atoms with Crippen molar-refractivity contribution in [3.8, 4) is 0 Å². The van der Waals surface area contributed by atoms with E-state index in [1.165, 1.54) is 12.5 Å². The van der Waals surface area contributed by atoms with Gasteiger partial charge in [0.25, 0.3) is 0 Å². The lowest BCUT2D eigenvalue weighted by atomic mass is 9.55. The second-order valence-electron chi connectivity index (χ2n) is 8.16. The highest BCUT2D eigenvalue weighted by atomic mass is 79.9. The minimum Gasteiger partial charge on any atom is -0.360 e. The van der Waals surface area contributed by atoms with Gasteiger partial charge >= 0.3 is 0 Å². The highest BCUT2D eigenvalue weighted by Gasteiger charge is 2.13. The van der Waals surface area contributed by atoms with Gasteiger partial charge in [-0.1, -0.05) is 45.4 Å². The van der Waals surface area contributed by atoms with Crippen LogP contribution in [0.3, 0.4) is 0 Å². The van der Waals surface area contributed by atoms with E-state index < -0.39 is 8.07 Å². The first kappa shape index (κ1) is 24.5. The Bertz CT molecular complexity index is 759. The number of carbonyl (C=O) groups excluding carboxylic acids is 1. The van der Waals surface area contributed by atoms with E-state index in [9.17, 15) is 4.79 Å². The summed E-state index contributed by atoms with van der Waals surface area (Å²) in [5.74, 6) is 2.12. The van der Waals surface area contributed by atoms with Crippen molar-refractivity contribution in [1.29, 1.82) is 0 Å². The molecule has 0 saturated carbocycles. The molecule has 0 aromatic carbocycles. The van der Waals surface area contributed by atoms with Crippen molar-refractivity contribution in [1.82, 2.24) is 14.8 Å². The predicted octanol–water partition coefficient (Wildman–Crippen LogP) is 5.55. The van der Waals surface area contributed by atoms with E-state index in [4.69, 9.17) is 4.74 Å². The maximum atomic E-state index is 11.2. The molecule has 0 aliphatic carbocycles. The number of ketones is 1. The average molecular weight is 464 g/mol. The second kappa shape index (κ2) is 12.1. The van der Waals surface area contributed by atoms with Crippen LogP contribution in [0.25, 0.3) is 6.08 Å². The summed E-state index contributed by atoms with van der Waals surface area (Å²) < 4.78 is 7.91. The van der Waals surface area contributed by atoms with Crippen molar-refractivity contribution in [3.05, 3.63) is 52.4 Å². The molecular weight excluding hydrogens is 433 g/mol. The fourth-order valence-electron chi connectivity index (χ4n) is 2.02. The fraction of sp³-hybridized carbons (Fsp3) is 0.450. The predicted molar refractivity (Wildman–Crippen MR) is 125 cm³/mol. The third-order valence-corrected chi connectivity index (χ3v) is 5.91. The normalized spacial score (nSPS) is 11.2. The number of ether oxygens (including phenoxy) is 1. The summed E-state index contributed by atoms with van der Waals surface area (Å²) in [6.07, 6.45) is 7.51. The molecule has 2 heterocycles. The van der Waals surface area contributed by atoms with Crippen molar-refractivity contribution in [3.63, 3.8) is 0 Å². The molecule has 0 saturated heterocycles. The second-order valence-corrected chi connectivity index (χ2v) is 14.6. The summed E-state index contributed by atoms with van der Waals surface area (Å²) in [5, 5.41) is 4.15. The Morgan fingerprint density at radius 3 is 2.57 bits per heavy atom. The zero-order valence-corrected chi connectivity index (χ0v) is 20.4. The molecule has 2 rings (SSSR count). The molecule has 5 nitrogen and oxygen atoms in total. The van der Waals surface area contributed by atoms with Crippen LogP contribution in [-0.4, -0.2) is 41.9 Å². The van der Waals surface area contributed by atoms with Gasteiger partial charge < -0.3 is 4.74 Å². The monoisotopic (exact) mass is 463 g/mol. The number of hydrogen-bond acceptors (Lipinski definition) is 4. The van der Waals surface area contributed by atoms with Crippen LogP contribution >= 0.6 is 15.9 Å². The molecular formula is C20H31BBrN3O2Si. The lowest BCUT2D eigenvalue weighted by Gasteiger charge is -2.15. The molecule has 0 spiro atoms. The molecule has 152 valence electrons. The summed E-state index contributed by atoms with van der Waals surface area (Å²) in [4.78, 5) is 15.2. The zero-order chi connectivity index (χ0) is 21.2. The third-order valence-electron chi connectivity index (χ3n) is 3.63. The molecule has 0 aliphatic rings. The van der Waals surface area contributed by atoms with Crippen LogP contribution in [0.15, 0.2) is 41.2 Å². The molecule has 2 aromatic heterocycles. The maximum Gasteiger partial charge on any atom is 0.181 e. The van der Waals surface area contributed by atoms with E-state index in [2.05, 4.69) is 71.4 Å². The Hall–Kier alpha value is -1.51. The number of pyridine rings is 1. The minimum atomic E-state index is -1.04. The summed E-state index contributed by atoms with van der Waals surface area (Å²) in [6.45, 7) is 14.5.